The number of hydrogen-bond donors (Lipinski definition) is 0. The molecule has 1 aromatic carbocycles. The van der Waals surface area contributed by atoms with Crippen LogP contribution in [0, 0.1) is 12.7 Å². The Morgan fingerprint density at radius 3 is 2.53 bits per heavy atom. The fraction of sp³-hybridized carbons (Fsp3) is 0.167. The highest BCUT2D eigenvalue weighted by Crippen LogP contribution is 2.40. The minimum Gasteiger partial charge on any atom is -0.207 e. The largest absolute Gasteiger partial charge is 0.207 e. The summed E-state index contributed by atoms with van der Waals surface area (Å²) < 4.78 is 14.5. The Labute approximate surface area is 121 Å². The molecule has 5 heteroatoms. The second-order valence-electron chi connectivity index (χ2n) is 3.63. The molecule has 0 nitrogen and oxygen atoms in total. The summed E-state index contributed by atoms with van der Waals surface area (Å²) in [7, 11) is 0. The van der Waals surface area contributed by atoms with Crippen LogP contribution < -0.4 is 0 Å². The first-order valence-corrected chi connectivity index (χ1v) is 7.32. The third-order valence-corrected chi connectivity index (χ3v) is 5.51. The summed E-state index contributed by atoms with van der Waals surface area (Å²) in [5.74, 6) is -0.318. The molecule has 0 aliphatic rings. The fourth-order valence-electron chi connectivity index (χ4n) is 1.47. The minimum atomic E-state index is -0.318. The van der Waals surface area contributed by atoms with Gasteiger partial charge in [-0.3, -0.25) is 0 Å². The quantitative estimate of drug-likeness (QED) is 0.582. The Hall–Kier alpha value is -0.0900. The van der Waals surface area contributed by atoms with Crippen LogP contribution in [0.2, 0.25) is 9.36 Å². The van der Waals surface area contributed by atoms with Crippen molar-refractivity contribution >= 4 is 50.5 Å². The molecule has 17 heavy (non-hydrogen) atoms. The second-order valence-corrected chi connectivity index (χ2v) is 6.67. The van der Waals surface area contributed by atoms with Gasteiger partial charge >= 0.3 is 0 Å². The van der Waals surface area contributed by atoms with E-state index in [-0.39, 0.29) is 10.6 Å². The van der Waals surface area contributed by atoms with E-state index in [0.29, 0.717) is 10.6 Å². The van der Waals surface area contributed by atoms with Gasteiger partial charge < -0.3 is 0 Å². The lowest BCUT2D eigenvalue weighted by atomic mass is 10.1. The molecule has 0 aliphatic heterocycles. The standard InChI is InChI=1S/C12H8BrCl2FS/c1-6-4-10(17-12(6)15)11(13)8-3-2-7(14)5-9(8)16/h2-5,11H,1H3. The number of alkyl halides is 1. The highest BCUT2D eigenvalue weighted by atomic mass is 79.9. The molecule has 1 aromatic heterocycles. The molecule has 0 spiro atoms. The van der Waals surface area contributed by atoms with Gasteiger partial charge in [0.2, 0.25) is 0 Å². The summed E-state index contributed by atoms with van der Waals surface area (Å²) in [5.41, 5.74) is 1.57. The number of aryl methyl sites for hydroxylation is 1. The smallest absolute Gasteiger partial charge is 0.129 e. The van der Waals surface area contributed by atoms with Crippen LogP contribution in [0.15, 0.2) is 24.3 Å². The monoisotopic (exact) mass is 352 g/mol. The van der Waals surface area contributed by atoms with Crippen molar-refractivity contribution in [2.24, 2.45) is 0 Å². The van der Waals surface area contributed by atoms with Crippen molar-refractivity contribution in [1.82, 2.24) is 0 Å². The Kier molecular flexibility index (Phi) is 4.14. The Morgan fingerprint density at radius 1 is 1.29 bits per heavy atom. The molecular weight excluding hydrogens is 346 g/mol. The second kappa shape index (κ2) is 5.27. The molecule has 0 bridgehead atoms. The van der Waals surface area contributed by atoms with E-state index in [2.05, 4.69) is 15.9 Å². The van der Waals surface area contributed by atoms with Crippen LogP contribution in [0.25, 0.3) is 0 Å². The molecular formula is C12H8BrCl2FS. The van der Waals surface area contributed by atoms with Crippen molar-refractivity contribution in [3.8, 4) is 0 Å². The Morgan fingerprint density at radius 2 is 2.00 bits per heavy atom. The zero-order valence-corrected chi connectivity index (χ0v) is 12.7. The Balaban J connectivity index is 2.39. The molecule has 0 N–H and O–H groups in total. The molecule has 90 valence electrons. The van der Waals surface area contributed by atoms with Crippen molar-refractivity contribution < 1.29 is 4.39 Å². The predicted molar refractivity (Wildman–Crippen MR) is 76.2 cm³/mol. The maximum absolute atomic E-state index is 13.8. The SMILES string of the molecule is Cc1cc(C(Br)c2ccc(Cl)cc2F)sc1Cl. The third-order valence-electron chi connectivity index (χ3n) is 2.36. The van der Waals surface area contributed by atoms with Crippen LogP contribution in [-0.2, 0) is 0 Å². The van der Waals surface area contributed by atoms with E-state index in [1.54, 1.807) is 12.1 Å². The minimum absolute atomic E-state index is 0.198. The van der Waals surface area contributed by atoms with Crippen LogP contribution in [0.1, 0.15) is 20.8 Å². The molecule has 0 fully saturated rings. The van der Waals surface area contributed by atoms with E-state index < -0.39 is 0 Å². The van der Waals surface area contributed by atoms with Gasteiger partial charge in [0, 0.05) is 15.5 Å². The van der Waals surface area contributed by atoms with Gasteiger partial charge in [-0.1, -0.05) is 45.2 Å². The summed E-state index contributed by atoms with van der Waals surface area (Å²) in [6.45, 7) is 1.93. The summed E-state index contributed by atoms with van der Waals surface area (Å²) in [5, 5.41) is 0.395. The first-order valence-electron chi connectivity index (χ1n) is 4.84. The van der Waals surface area contributed by atoms with Crippen molar-refractivity contribution in [3.63, 3.8) is 0 Å². The van der Waals surface area contributed by atoms with Gasteiger partial charge in [-0.15, -0.1) is 11.3 Å². The van der Waals surface area contributed by atoms with Crippen molar-refractivity contribution in [1.29, 1.82) is 0 Å². The van der Waals surface area contributed by atoms with E-state index >= 15 is 0 Å². The number of hydrogen-bond acceptors (Lipinski definition) is 1. The van der Waals surface area contributed by atoms with Crippen LogP contribution in [0.3, 0.4) is 0 Å². The van der Waals surface area contributed by atoms with Gasteiger partial charge in [-0.05, 0) is 30.7 Å². The van der Waals surface area contributed by atoms with Crippen LogP contribution >= 0.6 is 50.5 Å². The molecule has 1 unspecified atom stereocenters. The van der Waals surface area contributed by atoms with E-state index in [0.717, 1.165) is 14.8 Å². The molecule has 1 heterocycles. The number of rotatable bonds is 2. The highest BCUT2D eigenvalue weighted by Gasteiger charge is 2.18. The average Bonchev–Trinajstić information content (AvgIpc) is 2.58. The van der Waals surface area contributed by atoms with Crippen LogP contribution in [0.4, 0.5) is 4.39 Å². The molecule has 1 atom stereocenters. The summed E-state index contributed by atoms with van der Waals surface area (Å²) in [6, 6.07) is 6.63. The van der Waals surface area contributed by atoms with Gasteiger partial charge in [-0.2, -0.15) is 0 Å². The molecule has 0 aliphatic carbocycles. The molecule has 0 radical (unpaired) electrons. The zero-order chi connectivity index (χ0) is 12.6. The molecule has 2 rings (SSSR count). The van der Waals surface area contributed by atoms with Crippen LogP contribution in [0.5, 0.6) is 0 Å². The number of thiophene rings is 1. The third kappa shape index (κ3) is 2.84. The molecule has 0 saturated heterocycles. The van der Waals surface area contributed by atoms with Gasteiger partial charge in [0.25, 0.3) is 0 Å². The van der Waals surface area contributed by atoms with Gasteiger partial charge in [0.15, 0.2) is 0 Å². The van der Waals surface area contributed by atoms with Gasteiger partial charge in [0.1, 0.15) is 5.82 Å². The Bertz CT molecular complexity index is 534. The van der Waals surface area contributed by atoms with E-state index in [9.17, 15) is 4.39 Å². The lowest BCUT2D eigenvalue weighted by Gasteiger charge is -2.09. The maximum atomic E-state index is 13.8. The molecule has 0 amide bonds. The summed E-state index contributed by atoms with van der Waals surface area (Å²) in [4.78, 5) is 0.782. The normalized spacial score (nSPS) is 12.8. The van der Waals surface area contributed by atoms with E-state index in [1.807, 2.05) is 13.0 Å². The highest BCUT2D eigenvalue weighted by molar-refractivity contribution is 9.09. The number of benzene rings is 1. The lowest BCUT2D eigenvalue weighted by molar-refractivity contribution is 0.614. The summed E-state index contributed by atoms with van der Waals surface area (Å²) >= 11 is 16.7. The van der Waals surface area contributed by atoms with Crippen LogP contribution in [-0.4, -0.2) is 0 Å². The van der Waals surface area contributed by atoms with Gasteiger partial charge in [-0.25, -0.2) is 4.39 Å². The predicted octanol–water partition coefficient (Wildman–Crippen LogP) is 5.99. The van der Waals surface area contributed by atoms with Gasteiger partial charge in [0.05, 0.1) is 9.16 Å². The average molecular weight is 354 g/mol. The lowest BCUT2D eigenvalue weighted by Crippen LogP contribution is -1.94. The van der Waals surface area contributed by atoms with Crippen molar-refractivity contribution in [2.45, 2.75) is 11.8 Å². The van der Waals surface area contributed by atoms with Crippen molar-refractivity contribution in [2.75, 3.05) is 0 Å². The van der Waals surface area contributed by atoms with E-state index in [4.69, 9.17) is 23.2 Å². The fourth-order valence-corrected chi connectivity index (χ4v) is 3.63. The van der Waals surface area contributed by atoms with E-state index in [1.165, 1.54) is 17.4 Å². The first-order chi connectivity index (χ1) is 7.99. The zero-order valence-electron chi connectivity index (χ0n) is 8.81. The maximum Gasteiger partial charge on any atom is 0.129 e. The molecule has 2 aromatic rings. The number of halogens is 4. The summed E-state index contributed by atoms with van der Waals surface area (Å²) in [6.07, 6.45) is 0. The first kappa shape index (κ1) is 13.3. The van der Waals surface area contributed by atoms with Crippen molar-refractivity contribution in [3.05, 3.63) is 55.4 Å². The molecule has 0 saturated carbocycles. The topological polar surface area (TPSA) is 0 Å².